The van der Waals surface area contributed by atoms with E-state index in [1.165, 1.54) is 24.9 Å². The molecule has 27 heavy (non-hydrogen) atoms. The molecule has 0 aromatic heterocycles. The van der Waals surface area contributed by atoms with Crippen molar-refractivity contribution in [2.75, 3.05) is 16.8 Å². The van der Waals surface area contributed by atoms with Crippen LogP contribution in [0.2, 0.25) is 0 Å². The second-order valence-electron chi connectivity index (χ2n) is 7.61. The molecular formula is C22H27BrN2O2. The Kier molecular flexibility index (Phi) is 6.10. The van der Waals surface area contributed by atoms with Crippen LogP contribution < -0.4 is 15.0 Å². The number of rotatable bonds is 5. The molecule has 0 radical (unpaired) electrons. The molecule has 1 saturated heterocycles. The molecule has 1 amide bonds. The summed E-state index contributed by atoms with van der Waals surface area (Å²) in [6.45, 7) is 6.92. The van der Waals surface area contributed by atoms with E-state index in [1.807, 2.05) is 36.4 Å². The predicted molar refractivity (Wildman–Crippen MR) is 115 cm³/mol. The highest BCUT2D eigenvalue weighted by molar-refractivity contribution is 9.10. The Bertz CT molecular complexity index is 772. The minimum atomic E-state index is -0.978. The number of hydrogen-bond donors (Lipinski definition) is 1. The minimum absolute atomic E-state index is 0.176. The van der Waals surface area contributed by atoms with Crippen molar-refractivity contribution in [3.63, 3.8) is 0 Å². The largest absolute Gasteiger partial charge is 0.478 e. The molecule has 3 rings (SSSR count). The van der Waals surface area contributed by atoms with E-state index in [2.05, 4.69) is 45.2 Å². The summed E-state index contributed by atoms with van der Waals surface area (Å²) >= 11 is 3.40. The van der Waals surface area contributed by atoms with E-state index in [9.17, 15) is 4.79 Å². The van der Waals surface area contributed by atoms with Gasteiger partial charge in [0, 0.05) is 28.4 Å². The Labute approximate surface area is 170 Å². The van der Waals surface area contributed by atoms with Crippen molar-refractivity contribution in [1.29, 1.82) is 0 Å². The van der Waals surface area contributed by atoms with Crippen LogP contribution in [0.4, 0.5) is 11.4 Å². The lowest BCUT2D eigenvalue weighted by Gasteiger charge is -2.35. The Balaban J connectivity index is 1.63. The number of hydrogen-bond acceptors (Lipinski definition) is 3. The van der Waals surface area contributed by atoms with Crippen LogP contribution in [0, 0.1) is 0 Å². The first kappa shape index (κ1) is 19.7. The average molecular weight is 431 g/mol. The van der Waals surface area contributed by atoms with Crippen molar-refractivity contribution in [1.82, 2.24) is 0 Å². The van der Waals surface area contributed by atoms with Crippen molar-refractivity contribution in [2.24, 2.45) is 0 Å². The highest BCUT2D eigenvalue weighted by Gasteiger charge is 2.30. The lowest BCUT2D eigenvalue weighted by molar-refractivity contribution is -0.128. The fourth-order valence-corrected chi connectivity index (χ4v) is 3.61. The number of nitrogens with one attached hydrogen (secondary N) is 1. The van der Waals surface area contributed by atoms with Gasteiger partial charge >= 0.3 is 0 Å². The van der Waals surface area contributed by atoms with E-state index >= 15 is 0 Å². The first-order chi connectivity index (χ1) is 12.8. The van der Waals surface area contributed by atoms with Crippen molar-refractivity contribution in [2.45, 2.75) is 51.7 Å². The molecule has 0 bridgehead atoms. The number of ether oxygens (including phenoxy) is 1. The van der Waals surface area contributed by atoms with Gasteiger partial charge in [0.2, 0.25) is 0 Å². The normalized spacial score (nSPS) is 17.5. The van der Waals surface area contributed by atoms with Gasteiger partial charge in [-0.05, 0) is 88.6 Å². The van der Waals surface area contributed by atoms with Gasteiger partial charge in [0.15, 0.2) is 5.60 Å². The summed E-state index contributed by atoms with van der Waals surface area (Å²) in [7, 11) is 0. The second kappa shape index (κ2) is 8.34. The van der Waals surface area contributed by atoms with Crippen LogP contribution in [0.15, 0.2) is 53.0 Å². The Morgan fingerprint density at radius 1 is 1.11 bits per heavy atom. The zero-order chi connectivity index (χ0) is 19.4. The van der Waals surface area contributed by atoms with Gasteiger partial charge in [-0.25, -0.2) is 0 Å². The summed E-state index contributed by atoms with van der Waals surface area (Å²) in [6.07, 6.45) is 3.78. The molecule has 0 saturated carbocycles. The van der Waals surface area contributed by atoms with Gasteiger partial charge in [0.25, 0.3) is 5.91 Å². The van der Waals surface area contributed by atoms with Crippen molar-refractivity contribution >= 4 is 33.2 Å². The first-order valence-electron chi connectivity index (χ1n) is 9.48. The van der Waals surface area contributed by atoms with E-state index in [-0.39, 0.29) is 5.91 Å². The first-order valence-corrected chi connectivity index (χ1v) is 10.3. The maximum Gasteiger partial charge on any atom is 0.267 e. The van der Waals surface area contributed by atoms with Gasteiger partial charge < -0.3 is 15.0 Å². The average Bonchev–Trinajstić information content (AvgIpc) is 2.65. The number of carbonyl (C=O) groups is 1. The fraction of sp³-hybridized carbons (Fsp3) is 0.409. The third-order valence-corrected chi connectivity index (χ3v) is 5.52. The number of benzene rings is 2. The zero-order valence-corrected chi connectivity index (χ0v) is 17.8. The van der Waals surface area contributed by atoms with Gasteiger partial charge in [0.1, 0.15) is 5.75 Å². The zero-order valence-electron chi connectivity index (χ0n) is 16.2. The summed E-state index contributed by atoms with van der Waals surface area (Å²) in [5.41, 5.74) is 1.01. The highest BCUT2D eigenvalue weighted by atomic mass is 79.9. The minimum Gasteiger partial charge on any atom is -0.478 e. The van der Waals surface area contributed by atoms with Gasteiger partial charge in [-0.15, -0.1) is 0 Å². The Hall–Kier alpha value is -2.01. The molecule has 1 heterocycles. The standard InChI is InChI=1S/C22H27BrN2O2/c1-16-6-4-5-15-25(16)19-11-9-18(10-12-19)24-21(26)22(2,3)27-20-13-7-17(23)8-14-20/h7-14,16H,4-6,15H2,1-3H3,(H,24,26). The van der Waals surface area contributed by atoms with Crippen LogP contribution in [-0.4, -0.2) is 24.1 Å². The number of nitrogens with zero attached hydrogens (tertiary/aromatic N) is 1. The van der Waals surface area contributed by atoms with E-state index in [4.69, 9.17) is 4.74 Å². The fourth-order valence-electron chi connectivity index (χ4n) is 3.34. The lowest BCUT2D eigenvalue weighted by Crippen LogP contribution is -2.42. The summed E-state index contributed by atoms with van der Waals surface area (Å²) < 4.78 is 6.86. The van der Waals surface area contributed by atoms with Crippen LogP contribution in [0.25, 0.3) is 0 Å². The van der Waals surface area contributed by atoms with Gasteiger partial charge in [-0.3, -0.25) is 4.79 Å². The third kappa shape index (κ3) is 5.04. The SMILES string of the molecule is CC1CCCCN1c1ccc(NC(=O)C(C)(C)Oc2ccc(Br)cc2)cc1. The summed E-state index contributed by atoms with van der Waals surface area (Å²) in [6, 6.07) is 16.1. The second-order valence-corrected chi connectivity index (χ2v) is 8.52. The molecule has 0 spiro atoms. The van der Waals surface area contributed by atoms with Crippen molar-refractivity contribution < 1.29 is 9.53 Å². The smallest absolute Gasteiger partial charge is 0.267 e. The van der Waals surface area contributed by atoms with Crippen LogP contribution >= 0.6 is 15.9 Å². The van der Waals surface area contributed by atoms with E-state index in [0.29, 0.717) is 11.8 Å². The number of piperidine rings is 1. The molecule has 0 aliphatic carbocycles. The molecule has 1 atom stereocenters. The molecular weight excluding hydrogens is 404 g/mol. The van der Waals surface area contributed by atoms with Crippen LogP contribution in [-0.2, 0) is 4.79 Å². The molecule has 1 N–H and O–H groups in total. The Morgan fingerprint density at radius 2 is 1.78 bits per heavy atom. The van der Waals surface area contributed by atoms with Crippen LogP contribution in [0.5, 0.6) is 5.75 Å². The highest BCUT2D eigenvalue weighted by Crippen LogP contribution is 2.27. The Morgan fingerprint density at radius 3 is 2.41 bits per heavy atom. The molecule has 2 aromatic rings. The molecule has 1 aliphatic rings. The third-order valence-electron chi connectivity index (χ3n) is 4.99. The molecule has 4 nitrogen and oxygen atoms in total. The summed E-state index contributed by atoms with van der Waals surface area (Å²) in [5, 5.41) is 2.96. The van der Waals surface area contributed by atoms with Crippen molar-refractivity contribution in [3.05, 3.63) is 53.0 Å². The van der Waals surface area contributed by atoms with Gasteiger partial charge in [-0.1, -0.05) is 15.9 Å². The van der Waals surface area contributed by atoms with Gasteiger partial charge in [0.05, 0.1) is 0 Å². The van der Waals surface area contributed by atoms with Crippen LogP contribution in [0.1, 0.15) is 40.0 Å². The topological polar surface area (TPSA) is 41.6 Å². The van der Waals surface area contributed by atoms with Gasteiger partial charge in [-0.2, -0.15) is 0 Å². The van der Waals surface area contributed by atoms with Crippen molar-refractivity contribution in [3.8, 4) is 5.75 Å². The number of anilines is 2. The monoisotopic (exact) mass is 430 g/mol. The molecule has 1 fully saturated rings. The lowest BCUT2D eigenvalue weighted by atomic mass is 10.0. The quantitative estimate of drug-likeness (QED) is 0.668. The maximum absolute atomic E-state index is 12.7. The van der Waals surface area contributed by atoms with E-state index in [0.717, 1.165) is 16.7 Å². The molecule has 1 aliphatic heterocycles. The molecule has 5 heteroatoms. The predicted octanol–water partition coefficient (Wildman–Crippen LogP) is 5.62. The molecule has 144 valence electrons. The maximum atomic E-state index is 12.7. The summed E-state index contributed by atoms with van der Waals surface area (Å²) in [5.74, 6) is 0.484. The number of halogens is 1. The van der Waals surface area contributed by atoms with E-state index in [1.54, 1.807) is 13.8 Å². The number of amides is 1. The molecule has 1 unspecified atom stereocenters. The molecule has 2 aromatic carbocycles. The number of carbonyl (C=O) groups excluding carboxylic acids is 1. The summed E-state index contributed by atoms with van der Waals surface area (Å²) in [4.78, 5) is 15.1. The van der Waals surface area contributed by atoms with Crippen LogP contribution in [0.3, 0.4) is 0 Å². The van der Waals surface area contributed by atoms with E-state index < -0.39 is 5.60 Å².